The summed E-state index contributed by atoms with van der Waals surface area (Å²) in [7, 11) is 0. The lowest BCUT2D eigenvalue weighted by Crippen LogP contribution is -2.25. The quantitative estimate of drug-likeness (QED) is 0.773. The van der Waals surface area contributed by atoms with Gasteiger partial charge in [-0.1, -0.05) is 42.2 Å². The van der Waals surface area contributed by atoms with Crippen molar-refractivity contribution in [3.8, 4) is 0 Å². The summed E-state index contributed by atoms with van der Waals surface area (Å²) in [4.78, 5) is 16.0. The predicted octanol–water partition coefficient (Wildman–Crippen LogP) is 3.41. The summed E-state index contributed by atoms with van der Waals surface area (Å²) in [5.74, 6) is -0.0939. The fraction of sp³-hybridized carbons (Fsp3) is 0.385. The highest BCUT2D eigenvalue weighted by Crippen LogP contribution is 2.24. The topological polar surface area (TPSA) is 38.7 Å². The smallest absolute Gasteiger partial charge is 0.318 e. The molecule has 0 saturated heterocycles. The van der Waals surface area contributed by atoms with Crippen LogP contribution in [0.5, 0.6) is 0 Å². The van der Waals surface area contributed by atoms with Gasteiger partial charge >= 0.3 is 5.97 Å². The zero-order chi connectivity index (χ0) is 12.3. The van der Waals surface area contributed by atoms with Gasteiger partial charge in [0.1, 0.15) is 0 Å². The molecule has 0 N–H and O–H groups in total. The second-order valence-corrected chi connectivity index (χ2v) is 4.57. The highest BCUT2D eigenvalue weighted by Gasteiger charge is 2.26. The van der Waals surface area contributed by atoms with Gasteiger partial charge in [-0.2, -0.15) is 0 Å². The van der Waals surface area contributed by atoms with Gasteiger partial charge in [0.05, 0.1) is 12.1 Å². The fourth-order valence-corrected chi connectivity index (χ4v) is 2.13. The number of oxime groups is 1. The molecule has 1 aromatic rings. The zero-order valence-corrected chi connectivity index (χ0v) is 10.4. The average Bonchev–Trinajstić information content (AvgIpc) is 2.31. The largest absolute Gasteiger partial charge is 0.335 e. The second-order valence-electron chi connectivity index (χ2n) is 4.14. The van der Waals surface area contributed by atoms with Gasteiger partial charge in [-0.15, -0.1) is 0 Å². The Labute approximate surface area is 105 Å². The van der Waals surface area contributed by atoms with Crippen LogP contribution in [0.2, 0.25) is 5.02 Å². The first-order valence-corrected chi connectivity index (χ1v) is 6.12. The van der Waals surface area contributed by atoms with E-state index < -0.39 is 0 Å². The minimum absolute atomic E-state index is 0.155. The van der Waals surface area contributed by atoms with Crippen LogP contribution in [0.4, 0.5) is 0 Å². The van der Waals surface area contributed by atoms with Gasteiger partial charge in [0, 0.05) is 10.9 Å². The molecule has 1 aromatic carbocycles. The molecule has 17 heavy (non-hydrogen) atoms. The number of benzene rings is 1. The molecule has 3 nitrogen and oxygen atoms in total. The Morgan fingerprint density at radius 3 is 2.76 bits per heavy atom. The SMILES string of the molecule is CCC[C@@H]1CC(=O)ON=C1c1ccc(Cl)cc1. The number of carbonyl (C=O) groups excluding carboxylic acids is 1. The molecule has 1 aliphatic heterocycles. The summed E-state index contributed by atoms with van der Waals surface area (Å²) in [5.41, 5.74) is 1.82. The lowest BCUT2D eigenvalue weighted by Gasteiger charge is -2.20. The van der Waals surface area contributed by atoms with E-state index in [2.05, 4.69) is 12.1 Å². The summed E-state index contributed by atoms with van der Waals surface area (Å²) < 4.78 is 0. The van der Waals surface area contributed by atoms with E-state index in [0.29, 0.717) is 11.4 Å². The molecule has 1 aliphatic rings. The molecule has 90 valence electrons. The van der Waals surface area contributed by atoms with Crippen molar-refractivity contribution in [3.05, 3.63) is 34.9 Å². The number of carbonyl (C=O) groups is 1. The van der Waals surface area contributed by atoms with Gasteiger partial charge in [-0.3, -0.25) is 0 Å². The molecule has 0 saturated carbocycles. The van der Waals surface area contributed by atoms with Crippen LogP contribution in [0.1, 0.15) is 31.7 Å². The third-order valence-corrected chi connectivity index (χ3v) is 3.07. The minimum Gasteiger partial charge on any atom is -0.318 e. The van der Waals surface area contributed by atoms with Gasteiger partial charge in [0.25, 0.3) is 0 Å². The molecular weight excluding hydrogens is 238 g/mol. The Morgan fingerprint density at radius 1 is 1.41 bits per heavy atom. The predicted molar refractivity (Wildman–Crippen MR) is 67.1 cm³/mol. The Kier molecular flexibility index (Phi) is 3.79. The zero-order valence-electron chi connectivity index (χ0n) is 9.65. The van der Waals surface area contributed by atoms with Gasteiger partial charge < -0.3 is 4.84 Å². The molecule has 0 radical (unpaired) electrons. The number of rotatable bonds is 3. The lowest BCUT2D eigenvalue weighted by atomic mass is 9.89. The molecule has 4 heteroatoms. The van der Waals surface area contributed by atoms with Gasteiger partial charge in [0.2, 0.25) is 0 Å². The Bertz CT molecular complexity index is 439. The van der Waals surface area contributed by atoms with E-state index in [1.165, 1.54) is 0 Å². The van der Waals surface area contributed by atoms with E-state index >= 15 is 0 Å². The van der Waals surface area contributed by atoms with Crippen molar-refractivity contribution in [2.75, 3.05) is 0 Å². The fourth-order valence-electron chi connectivity index (χ4n) is 2.01. The summed E-state index contributed by atoms with van der Waals surface area (Å²) in [6.45, 7) is 2.10. The van der Waals surface area contributed by atoms with Crippen LogP contribution >= 0.6 is 11.6 Å². The van der Waals surface area contributed by atoms with Crippen LogP contribution in [0.25, 0.3) is 0 Å². The molecule has 0 aromatic heterocycles. The number of nitrogens with zero attached hydrogens (tertiary/aromatic N) is 1. The normalized spacial score (nSPS) is 19.8. The molecule has 0 unspecified atom stereocenters. The molecular formula is C13H14ClNO2. The van der Waals surface area contributed by atoms with E-state index in [0.717, 1.165) is 24.1 Å². The molecule has 0 bridgehead atoms. The van der Waals surface area contributed by atoms with Crippen LogP contribution in [-0.2, 0) is 9.63 Å². The van der Waals surface area contributed by atoms with Gasteiger partial charge in [-0.05, 0) is 24.1 Å². The third kappa shape index (κ3) is 2.86. The van der Waals surface area contributed by atoms with Gasteiger partial charge in [0.15, 0.2) is 0 Å². The first-order chi connectivity index (χ1) is 8.20. The first-order valence-electron chi connectivity index (χ1n) is 5.74. The van der Waals surface area contributed by atoms with E-state index in [9.17, 15) is 4.79 Å². The summed E-state index contributed by atoms with van der Waals surface area (Å²) >= 11 is 5.85. The maximum Gasteiger partial charge on any atom is 0.335 e. The molecule has 0 aliphatic carbocycles. The van der Waals surface area contributed by atoms with Crippen molar-refractivity contribution < 1.29 is 9.63 Å². The molecule has 0 fully saturated rings. The summed E-state index contributed by atoms with van der Waals surface area (Å²) in [5, 5.41) is 4.62. The van der Waals surface area contributed by atoms with Crippen molar-refractivity contribution >= 4 is 23.3 Å². The van der Waals surface area contributed by atoms with E-state index in [1.54, 1.807) is 0 Å². The number of hydrogen-bond donors (Lipinski definition) is 0. The van der Waals surface area contributed by atoms with Gasteiger partial charge in [-0.25, -0.2) is 4.79 Å². The van der Waals surface area contributed by atoms with E-state index in [-0.39, 0.29) is 11.9 Å². The lowest BCUT2D eigenvalue weighted by molar-refractivity contribution is -0.145. The Morgan fingerprint density at radius 2 is 2.12 bits per heavy atom. The monoisotopic (exact) mass is 251 g/mol. The molecule has 0 spiro atoms. The summed E-state index contributed by atoms with van der Waals surface area (Å²) in [6, 6.07) is 7.45. The highest BCUT2D eigenvalue weighted by molar-refractivity contribution is 6.30. The molecule has 1 atom stereocenters. The van der Waals surface area contributed by atoms with Crippen LogP contribution in [0, 0.1) is 5.92 Å². The van der Waals surface area contributed by atoms with Crippen molar-refractivity contribution in [2.24, 2.45) is 11.1 Å². The maximum absolute atomic E-state index is 11.2. The van der Waals surface area contributed by atoms with E-state index in [1.807, 2.05) is 24.3 Å². The van der Waals surface area contributed by atoms with Crippen LogP contribution in [0.15, 0.2) is 29.4 Å². The van der Waals surface area contributed by atoms with Crippen LogP contribution < -0.4 is 0 Å². The first kappa shape index (κ1) is 12.1. The minimum atomic E-state index is -0.249. The van der Waals surface area contributed by atoms with Crippen molar-refractivity contribution in [1.29, 1.82) is 0 Å². The Hall–Kier alpha value is -1.35. The maximum atomic E-state index is 11.2. The standard InChI is InChI=1S/C13H14ClNO2/c1-2-3-10-8-12(16)17-15-13(10)9-4-6-11(14)7-5-9/h4-7,10H,2-3,8H2,1H3/t10-/m1/s1. The van der Waals surface area contributed by atoms with Crippen molar-refractivity contribution in [1.82, 2.24) is 0 Å². The average molecular weight is 252 g/mol. The Balaban J connectivity index is 2.28. The molecule has 1 heterocycles. The van der Waals surface area contributed by atoms with Crippen LogP contribution in [0.3, 0.4) is 0 Å². The third-order valence-electron chi connectivity index (χ3n) is 2.82. The van der Waals surface area contributed by atoms with Crippen molar-refractivity contribution in [3.63, 3.8) is 0 Å². The van der Waals surface area contributed by atoms with Crippen molar-refractivity contribution in [2.45, 2.75) is 26.2 Å². The molecule has 2 rings (SSSR count). The number of halogens is 1. The number of hydrogen-bond acceptors (Lipinski definition) is 3. The highest BCUT2D eigenvalue weighted by atomic mass is 35.5. The second kappa shape index (κ2) is 5.32. The molecule has 0 amide bonds. The van der Waals surface area contributed by atoms with Crippen LogP contribution in [-0.4, -0.2) is 11.7 Å². The van der Waals surface area contributed by atoms with E-state index in [4.69, 9.17) is 16.4 Å². The summed E-state index contributed by atoms with van der Waals surface area (Å²) in [6.07, 6.45) is 2.37.